The fourth-order valence-corrected chi connectivity index (χ4v) is 4.37. The Kier molecular flexibility index (Phi) is 5.14. The predicted molar refractivity (Wildman–Crippen MR) is 137 cm³/mol. The highest BCUT2D eigenvalue weighted by molar-refractivity contribution is 6.29. The van der Waals surface area contributed by atoms with Crippen molar-refractivity contribution in [1.29, 1.82) is 0 Å². The first-order valence-corrected chi connectivity index (χ1v) is 10.9. The normalized spacial score (nSPS) is 13.1. The topological polar surface area (TPSA) is 172 Å². The first-order valence-electron chi connectivity index (χ1n) is 10.9. The fraction of sp³-hybridized carbons (Fsp3) is 0. The summed E-state index contributed by atoms with van der Waals surface area (Å²) in [5, 5.41) is 0. The van der Waals surface area contributed by atoms with Crippen molar-refractivity contribution in [3.8, 4) is 0 Å². The Balaban J connectivity index is 0.000000148. The van der Waals surface area contributed by atoms with Gasteiger partial charge in [0.25, 0.3) is 0 Å². The van der Waals surface area contributed by atoms with Crippen LogP contribution in [0, 0.1) is 0 Å². The molecule has 8 N–H and O–H groups in total. The van der Waals surface area contributed by atoms with E-state index in [0.717, 1.165) is 0 Å². The molecule has 0 heterocycles. The summed E-state index contributed by atoms with van der Waals surface area (Å²) in [6.07, 6.45) is 0. The molecule has 4 aromatic carbocycles. The molecule has 4 aromatic rings. The lowest BCUT2D eigenvalue weighted by Gasteiger charge is -2.17. The Bertz CT molecular complexity index is 1540. The van der Waals surface area contributed by atoms with E-state index in [4.69, 9.17) is 22.9 Å². The number of fused-ring (bicyclic) bond motifs is 4. The molecule has 0 saturated heterocycles. The zero-order valence-electron chi connectivity index (χ0n) is 18.9. The van der Waals surface area contributed by atoms with Gasteiger partial charge in [0, 0.05) is 67.3 Å². The number of nitrogen functional groups attached to an aromatic ring is 4. The van der Waals surface area contributed by atoms with E-state index in [9.17, 15) is 19.2 Å². The van der Waals surface area contributed by atoms with Crippen LogP contribution in [0.1, 0.15) is 63.7 Å². The number of ketones is 4. The molecule has 36 heavy (non-hydrogen) atoms. The van der Waals surface area contributed by atoms with Crippen molar-refractivity contribution in [2.24, 2.45) is 0 Å². The molecule has 2 aliphatic carbocycles. The van der Waals surface area contributed by atoms with Crippen molar-refractivity contribution >= 4 is 45.9 Å². The Morgan fingerprint density at radius 2 is 0.500 bits per heavy atom. The van der Waals surface area contributed by atoms with Gasteiger partial charge in [0.15, 0.2) is 23.1 Å². The molecule has 0 amide bonds. The second kappa shape index (κ2) is 8.21. The molecular formula is C28H20N4O4. The van der Waals surface area contributed by atoms with Gasteiger partial charge in [0.1, 0.15) is 0 Å². The summed E-state index contributed by atoms with van der Waals surface area (Å²) in [5.41, 5.74) is 27.4. The van der Waals surface area contributed by atoms with Gasteiger partial charge in [-0.15, -0.1) is 0 Å². The maximum absolute atomic E-state index is 12.3. The van der Waals surface area contributed by atoms with Gasteiger partial charge in [-0.25, -0.2) is 0 Å². The Labute approximate surface area is 205 Å². The average Bonchev–Trinajstić information content (AvgIpc) is 2.86. The Hall–Kier alpha value is -5.24. The minimum atomic E-state index is -0.209. The van der Waals surface area contributed by atoms with Gasteiger partial charge in [0.2, 0.25) is 0 Å². The van der Waals surface area contributed by atoms with E-state index in [2.05, 4.69) is 0 Å². The van der Waals surface area contributed by atoms with E-state index in [1.807, 2.05) is 0 Å². The maximum atomic E-state index is 12.3. The van der Waals surface area contributed by atoms with Crippen molar-refractivity contribution in [3.63, 3.8) is 0 Å². The number of hydrogen-bond acceptors (Lipinski definition) is 8. The molecule has 176 valence electrons. The molecule has 0 atom stereocenters. The summed E-state index contributed by atoms with van der Waals surface area (Å²) in [6.45, 7) is 0. The van der Waals surface area contributed by atoms with Crippen molar-refractivity contribution in [3.05, 3.63) is 117 Å². The van der Waals surface area contributed by atoms with E-state index in [1.165, 1.54) is 24.3 Å². The molecule has 6 rings (SSSR count). The van der Waals surface area contributed by atoms with Crippen LogP contribution >= 0.6 is 0 Å². The highest BCUT2D eigenvalue weighted by Gasteiger charge is 2.30. The molecule has 8 heteroatoms. The summed E-state index contributed by atoms with van der Waals surface area (Å²) in [5.74, 6) is -0.752. The van der Waals surface area contributed by atoms with Crippen molar-refractivity contribution in [2.45, 2.75) is 0 Å². The number of nitrogens with two attached hydrogens (primary N) is 4. The molecule has 0 radical (unpaired) electrons. The van der Waals surface area contributed by atoms with Crippen LogP contribution in [0.3, 0.4) is 0 Å². The van der Waals surface area contributed by atoms with Gasteiger partial charge in [-0.3, -0.25) is 19.2 Å². The molecule has 0 aliphatic heterocycles. The quantitative estimate of drug-likeness (QED) is 0.242. The zero-order chi connectivity index (χ0) is 25.7. The molecular weight excluding hydrogens is 456 g/mol. The first kappa shape index (κ1) is 22.5. The SMILES string of the molecule is Nc1ccc2c(c1)C(=O)c1cc(N)ccc1C2=O.Nc1ccc2c(c1)C(=O)c1ccc(N)cc1C2=O. The minimum absolute atomic E-state index is 0.167. The third-order valence-electron chi connectivity index (χ3n) is 6.13. The van der Waals surface area contributed by atoms with Gasteiger partial charge >= 0.3 is 0 Å². The van der Waals surface area contributed by atoms with Crippen LogP contribution in [-0.4, -0.2) is 23.1 Å². The summed E-state index contributed by atoms with van der Waals surface area (Å²) in [4.78, 5) is 49.1. The summed E-state index contributed by atoms with van der Waals surface area (Å²) < 4.78 is 0. The highest BCUT2D eigenvalue weighted by Crippen LogP contribution is 2.31. The first-order chi connectivity index (χ1) is 17.2. The monoisotopic (exact) mass is 476 g/mol. The lowest BCUT2D eigenvalue weighted by atomic mass is 9.83. The number of rotatable bonds is 0. The van der Waals surface area contributed by atoms with Crippen LogP contribution in [0.2, 0.25) is 0 Å². The summed E-state index contributed by atoms with van der Waals surface area (Å²) >= 11 is 0. The standard InChI is InChI=1S/2C14H10N2O2/c15-7-1-3-9-11(5-7)14(18)10-4-2-8(16)6-12(10)13(9)17;15-7-1-3-9-11(5-7)14(18)12-6-8(16)2-4-10(12)13(9)17/h2*1-6H,15-16H2. The number of hydrogen-bond donors (Lipinski definition) is 4. The zero-order valence-corrected chi connectivity index (χ0v) is 18.9. The van der Waals surface area contributed by atoms with Crippen molar-refractivity contribution < 1.29 is 19.2 Å². The van der Waals surface area contributed by atoms with E-state index in [1.54, 1.807) is 48.5 Å². The van der Waals surface area contributed by atoms with Gasteiger partial charge in [-0.1, -0.05) is 0 Å². The Morgan fingerprint density at radius 3 is 0.750 bits per heavy atom. The second-order valence-corrected chi connectivity index (χ2v) is 8.54. The third kappa shape index (κ3) is 3.57. The smallest absolute Gasteiger partial charge is 0.194 e. The van der Waals surface area contributed by atoms with Gasteiger partial charge < -0.3 is 22.9 Å². The maximum Gasteiger partial charge on any atom is 0.194 e. The van der Waals surface area contributed by atoms with Crippen LogP contribution in [0.25, 0.3) is 0 Å². The average molecular weight is 476 g/mol. The van der Waals surface area contributed by atoms with Crippen LogP contribution in [0.4, 0.5) is 22.7 Å². The molecule has 0 unspecified atom stereocenters. The number of benzene rings is 4. The van der Waals surface area contributed by atoms with E-state index < -0.39 is 0 Å². The fourth-order valence-electron chi connectivity index (χ4n) is 4.37. The third-order valence-corrected chi connectivity index (χ3v) is 6.13. The summed E-state index contributed by atoms with van der Waals surface area (Å²) in [6, 6.07) is 18.9. The van der Waals surface area contributed by atoms with Gasteiger partial charge in [-0.2, -0.15) is 0 Å². The molecule has 2 aliphatic rings. The number of anilines is 4. The van der Waals surface area contributed by atoms with Crippen LogP contribution in [-0.2, 0) is 0 Å². The molecule has 0 spiro atoms. The lowest BCUT2D eigenvalue weighted by molar-refractivity contribution is 0.0979. The molecule has 0 saturated carbocycles. The van der Waals surface area contributed by atoms with Crippen molar-refractivity contribution in [1.82, 2.24) is 0 Å². The molecule has 0 aromatic heterocycles. The van der Waals surface area contributed by atoms with Crippen LogP contribution < -0.4 is 22.9 Å². The minimum Gasteiger partial charge on any atom is -0.399 e. The lowest BCUT2D eigenvalue weighted by Crippen LogP contribution is -2.21. The van der Waals surface area contributed by atoms with Gasteiger partial charge in [0.05, 0.1) is 0 Å². The predicted octanol–water partition coefficient (Wildman–Crippen LogP) is 3.25. The summed E-state index contributed by atoms with van der Waals surface area (Å²) in [7, 11) is 0. The molecule has 0 fully saturated rings. The van der Waals surface area contributed by atoms with Crippen LogP contribution in [0.15, 0.2) is 72.8 Å². The molecule has 8 nitrogen and oxygen atoms in total. The van der Waals surface area contributed by atoms with Gasteiger partial charge in [-0.05, 0) is 72.8 Å². The largest absolute Gasteiger partial charge is 0.399 e. The highest BCUT2D eigenvalue weighted by atomic mass is 16.1. The van der Waals surface area contributed by atoms with E-state index in [-0.39, 0.29) is 23.1 Å². The Morgan fingerprint density at radius 1 is 0.306 bits per heavy atom. The van der Waals surface area contributed by atoms with Crippen LogP contribution in [0.5, 0.6) is 0 Å². The number of carbonyl (C=O) groups is 4. The molecule has 0 bridgehead atoms. The van der Waals surface area contributed by atoms with Crippen molar-refractivity contribution in [2.75, 3.05) is 22.9 Å². The van der Waals surface area contributed by atoms with E-state index >= 15 is 0 Å². The van der Waals surface area contributed by atoms with E-state index in [0.29, 0.717) is 67.3 Å². The second-order valence-electron chi connectivity index (χ2n) is 8.54. The number of carbonyl (C=O) groups excluding carboxylic acids is 4.